The second kappa shape index (κ2) is 7.32. The van der Waals surface area contributed by atoms with Crippen molar-refractivity contribution in [2.45, 2.75) is 23.8 Å². The maximum Gasteiger partial charge on any atom is 0.319 e. The van der Waals surface area contributed by atoms with Gasteiger partial charge in [-0.2, -0.15) is 0 Å². The Morgan fingerprint density at radius 1 is 1.12 bits per heavy atom. The Bertz CT molecular complexity index is 740. The molecule has 3 amide bonds. The molecule has 1 saturated heterocycles. The van der Waals surface area contributed by atoms with Crippen molar-refractivity contribution >= 4 is 23.7 Å². The van der Waals surface area contributed by atoms with Crippen molar-refractivity contribution in [3.8, 4) is 0 Å². The van der Waals surface area contributed by atoms with Crippen molar-refractivity contribution in [3.63, 3.8) is 0 Å². The van der Waals surface area contributed by atoms with Gasteiger partial charge in [-0.1, -0.05) is 12.1 Å². The molecule has 3 heterocycles. The second-order valence-electron chi connectivity index (χ2n) is 6.97. The number of hydrogen-bond donors (Lipinski definition) is 2. The minimum Gasteiger partial charge on any atom is -0.332 e. The predicted octanol–water partition coefficient (Wildman–Crippen LogP) is 1.95. The van der Waals surface area contributed by atoms with Gasteiger partial charge in [0.15, 0.2) is 0 Å². The van der Waals surface area contributed by atoms with Crippen LogP contribution < -0.4 is 10.6 Å². The normalized spacial score (nSPS) is 23.3. The maximum absolute atomic E-state index is 13.0. The van der Waals surface area contributed by atoms with Gasteiger partial charge < -0.3 is 20.4 Å². The summed E-state index contributed by atoms with van der Waals surface area (Å²) in [5.41, 5.74) is 2.38. The third-order valence-electron chi connectivity index (χ3n) is 5.35. The van der Waals surface area contributed by atoms with E-state index in [-0.39, 0.29) is 18.0 Å². The van der Waals surface area contributed by atoms with Crippen LogP contribution in [0.15, 0.2) is 40.4 Å². The zero-order valence-electron chi connectivity index (χ0n) is 15.0. The highest BCUT2D eigenvalue weighted by atomic mass is 32.2. The number of carbonyl (C=O) groups is 2. The minimum absolute atomic E-state index is 0.0330. The summed E-state index contributed by atoms with van der Waals surface area (Å²) in [5, 5.41) is 5.76. The van der Waals surface area contributed by atoms with Crippen molar-refractivity contribution in [2.75, 3.05) is 39.0 Å². The van der Waals surface area contributed by atoms with Crippen molar-refractivity contribution in [2.24, 2.45) is 0 Å². The number of benzene rings is 1. The van der Waals surface area contributed by atoms with Crippen molar-refractivity contribution in [1.82, 2.24) is 20.4 Å². The van der Waals surface area contributed by atoms with E-state index in [9.17, 15) is 9.59 Å². The molecule has 0 unspecified atom stereocenters. The molecule has 4 rings (SSSR count). The molecule has 0 aromatic heterocycles. The number of carbonyl (C=O) groups excluding carboxylic acids is 2. The molecule has 0 saturated carbocycles. The SMILES string of the molecule is CSc1ccc([C@H]2NC(=O)NC3=C2C(=O)N(CCN2CCCC2)C3)cc1. The lowest BCUT2D eigenvalue weighted by Crippen LogP contribution is -2.44. The summed E-state index contributed by atoms with van der Waals surface area (Å²) in [4.78, 5) is 30.5. The molecule has 1 atom stereocenters. The van der Waals surface area contributed by atoms with Crippen molar-refractivity contribution in [1.29, 1.82) is 0 Å². The van der Waals surface area contributed by atoms with E-state index in [1.54, 1.807) is 11.8 Å². The number of hydrogen-bond acceptors (Lipinski definition) is 4. The molecule has 138 valence electrons. The van der Waals surface area contributed by atoms with Crippen LogP contribution >= 0.6 is 11.8 Å². The highest BCUT2D eigenvalue weighted by Gasteiger charge is 2.40. The zero-order chi connectivity index (χ0) is 18.1. The smallest absolute Gasteiger partial charge is 0.319 e. The summed E-state index contributed by atoms with van der Waals surface area (Å²) < 4.78 is 0. The van der Waals surface area contributed by atoms with E-state index in [2.05, 4.69) is 15.5 Å². The Morgan fingerprint density at radius 3 is 2.54 bits per heavy atom. The van der Waals surface area contributed by atoms with E-state index in [0.717, 1.165) is 35.8 Å². The first-order chi connectivity index (χ1) is 12.7. The quantitative estimate of drug-likeness (QED) is 0.776. The number of nitrogens with zero attached hydrogens (tertiary/aromatic N) is 2. The lowest BCUT2D eigenvalue weighted by atomic mass is 9.96. The van der Waals surface area contributed by atoms with E-state index < -0.39 is 0 Å². The Labute approximate surface area is 158 Å². The number of nitrogens with one attached hydrogen (secondary N) is 2. The van der Waals surface area contributed by atoms with Gasteiger partial charge in [-0.15, -0.1) is 11.8 Å². The van der Waals surface area contributed by atoms with Gasteiger partial charge in [-0.05, 0) is 49.9 Å². The molecule has 0 bridgehead atoms. The first-order valence-electron chi connectivity index (χ1n) is 9.12. The van der Waals surface area contributed by atoms with Gasteiger partial charge in [0.05, 0.1) is 23.9 Å². The number of urea groups is 1. The Morgan fingerprint density at radius 2 is 1.85 bits per heavy atom. The predicted molar refractivity (Wildman–Crippen MR) is 102 cm³/mol. The van der Waals surface area contributed by atoms with Gasteiger partial charge in [-0.25, -0.2) is 4.79 Å². The van der Waals surface area contributed by atoms with Gasteiger partial charge in [0.1, 0.15) is 0 Å². The van der Waals surface area contributed by atoms with Gasteiger partial charge in [-0.3, -0.25) is 4.79 Å². The number of rotatable bonds is 5. The molecule has 3 aliphatic rings. The lowest BCUT2D eigenvalue weighted by molar-refractivity contribution is -0.126. The van der Waals surface area contributed by atoms with Gasteiger partial charge in [0.25, 0.3) is 5.91 Å². The largest absolute Gasteiger partial charge is 0.332 e. The molecule has 0 radical (unpaired) electrons. The molecule has 1 fully saturated rings. The standard InChI is InChI=1S/C19H24N4O2S/c1-26-14-6-4-13(5-7-14)17-16-15(20-19(25)21-17)12-23(18(16)24)11-10-22-8-2-3-9-22/h4-7,17H,2-3,8-12H2,1H3,(H2,20,21,25)/t17-/m1/s1. The molecule has 26 heavy (non-hydrogen) atoms. The number of thioether (sulfide) groups is 1. The third kappa shape index (κ3) is 3.33. The molecule has 2 N–H and O–H groups in total. The van der Waals surface area contributed by atoms with Crippen molar-refractivity contribution in [3.05, 3.63) is 41.1 Å². The Balaban J connectivity index is 1.52. The van der Waals surface area contributed by atoms with Crippen LogP contribution in [-0.4, -0.2) is 60.7 Å². The van der Waals surface area contributed by atoms with Crippen LogP contribution in [0.4, 0.5) is 4.79 Å². The van der Waals surface area contributed by atoms with E-state index in [0.29, 0.717) is 18.7 Å². The van der Waals surface area contributed by atoms with E-state index in [1.165, 1.54) is 12.8 Å². The van der Waals surface area contributed by atoms with Crippen LogP contribution in [0.1, 0.15) is 24.4 Å². The van der Waals surface area contributed by atoms with Crippen molar-refractivity contribution < 1.29 is 9.59 Å². The van der Waals surface area contributed by atoms with Gasteiger partial charge in [0.2, 0.25) is 0 Å². The first-order valence-corrected chi connectivity index (χ1v) is 10.3. The van der Waals surface area contributed by atoms with Crippen LogP contribution in [0.5, 0.6) is 0 Å². The first kappa shape index (κ1) is 17.4. The average Bonchev–Trinajstić information content (AvgIpc) is 3.27. The van der Waals surface area contributed by atoms with Crippen LogP contribution in [0.25, 0.3) is 0 Å². The molecular weight excluding hydrogens is 348 g/mol. The van der Waals surface area contributed by atoms with Gasteiger partial charge >= 0.3 is 6.03 Å². The van der Waals surface area contributed by atoms with Crippen LogP contribution in [0.2, 0.25) is 0 Å². The van der Waals surface area contributed by atoms with Crippen LogP contribution in [0.3, 0.4) is 0 Å². The summed E-state index contributed by atoms with van der Waals surface area (Å²) in [6.45, 7) is 4.35. The topological polar surface area (TPSA) is 64.7 Å². The average molecular weight is 372 g/mol. The Hall–Kier alpha value is -1.99. The number of amides is 3. The van der Waals surface area contributed by atoms with Gasteiger partial charge in [0, 0.05) is 18.0 Å². The molecule has 1 aromatic rings. The lowest BCUT2D eigenvalue weighted by Gasteiger charge is -2.25. The summed E-state index contributed by atoms with van der Waals surface area (Å²) in [6, 6.07) is 7.42. The van der Waals surface area contributed by atoms with E-state index in [4.69, 9.17) is 0 Å². The van der Waals surface area contributed by atoms with E-state index in [1.807, 2.05) is 35.4 Å². The summed E-state index contributed by atoms with van der Waals surface area (Å²) in [5.74, 6) is 0.0330. The minimum atomic E-state index is -0.376. The highest BCUT2D eigenvalue weighted by Crippen LogP contribution is 2.33. The fraction of sp³-hybridized carbons (Fsp3) is 0.474. The molecule has 0 spiro atoms. The maximum atomic E-state index is 13.0. The highest BCUT2D eigenvalue weighted by molar-refractivity contribution is 7.98. The van der Waals surface area contributed by atoms with Crippen LogP contribution in [-0.2, 0) is 4.79 Å². The Kier molecular flexibility index (Phi) is 4.91. The fourth-order valence-corrected chi connectivity index (χ4v) is 4.33. The monoisotopic (exact) mass is 372 g/mol. The molecule has 6 nitrogen and oxygen atoms in total. The third-order valence-corrected chi connectivity index (χ3v) is 6.10. The fourth-order valence-electron chi connectivity index (χ4n) is 3.92. The summed E-state index contributed by atoms with van der Waals surface area (Å²) in [6.07, 6.45) is 4.52. The molecule has 7 heteroatoms. The molecular formula is C19H24N4O2S. The number of likely N-dealkylation sites (tertiary alicyclic amines) is 1. The van der Waals surface area contributed by atoms with E-state index >= 15 is 0 Å². The zero-order valence-corrected chi connectivity index (χ0v) is 15.8. The molecule has 3 aliphatic heterocycles. The second-order valence-corrected chi connectivity index (χ2v) is 7.85. The molecule has 0 aliphatic carbocycles. The molecule has 1 aromatic carbocycles. The summed E-state index contributed by atoms with van der Waals surface area (Å²) >= 11 is 1.67. The van der Waals surface area contributed by atoms with Crippen LogP contribution in [0, 0.1) is 0 Å². The summed E-state index contributed by atoms with van der Waals surface area (Å²) in [7, 11) is 0.